The molecule has 0 N–H and O–H groups in total. The summed E-state index contributed by atoms with van der Waals surface area (Å²) in [6.45, 7) is 0.0190. The summed E-state index contributed by atoms with van der Waals surface area (Å²) in [6.07, 6.45) is 1.68. The molecule has 2 aliphatic rings. The monoisotopic (exact) mass is 248 g/mol. The third kappa shape index (κ3) is 1.31. The molecule has 0 spiro atoms. The first-order valence-electron chi connectivity index (χ1n) is 5.80. The van der Waals surface area contributed by atoms with Gasteiger partial charge in [-0.25, -0.2) is 0 Å². The van der Waals surface area contributed by atoms with Crippen LogP contribution in [0.2, 0.25) is 0 Å². The molecule has 0 amide bonds. The number of pyridine rings is 1. The van der Waals surface area contributed by atoms with Gasteiger partial charge >= 0.3 is 18.6 Å². The number of nitrogens with zero attached hydrogens (tertiary/aromatic N) is 2. The molecule has 94 valence electrons. The molecule has 0 aromatic carbocycles. The smallest absolute Gasteiger partial charge is 0.595 e. The molecule has 0 unspecified atom stereocenters. The molecule has 0 saturated carbocycles. The van der Waals surface area contributed by atoms with E-state index in [4.69, 9.17) is 9.31 Å². The fourth-order valence-corrected chi connectivity index (χ4v) is 2.73. The highest BCUT2D eigenvalue weighted by molar-refractivity contribution is 6.78. The largest absolute Gasteiger partial charge is 0.632 e. The van der Waals surface area contributed by atoms with E-state index in [0.717, 1.165) is 5.56 Å². The molecule has 6 nitrogen and oxygen atoms in total. The van der Waals surface area contributed by atoms with Crippen LogP contribution in [-0.2, 0) is 18.9 Å². The van der Waals surface area contributed by atoms with E-state index in [9.17, 15) is 9.59 Å². The van der Waals surface area contributed by atoms with Gasteiger partial charge in [0.05, 0.1) is 0 Å². The van der Waals surface area contributed by atoms with Crippen molar-refractivity contribution >= 4 is 24.2 Å². The van der Waals surface area contributed by atoms with E-state index in [-0.39, 0.29) is 29.4 Å². The summed E-state index contributed by atoms with van der Waals surface area (Å²) < 4.78 is 10.9. The standard InChI is InChI=1S/C11H13BN2O4/c1-8-3-4-9(13-5-8)12-14(2,6-10(15)17-12)7-11(16)18-12/h3-5H,6-7H2,1-2H3. The summed E-state index contributed by atoms with van der Waals surface area (Å²) in [6, 6.07) is 3.62. The van der Waals surface area contributed by atoms with E-state index in [2.05, 4.69) is 4.98 Å². The Morgan fingerprint density at radius 2 is 1.83 bits per heavy atom. The van der Waals surface area contributed by atoms with Crippen molar-refractivity contribution in [3.63, 3.8) is 0 Å². The maximum atomic E-state index is 11.6. The van der Waals surface area contributed by atoms with Gasteiger partial charge in [-0.2, -0.15) is 0 Å². The number of aryl methyl sites for hydroxylation is 1. The molecule has 0 bridgehead atoms. The number of carbonyl (C=O) groups is 2. The Kier molecular flexibility index (Phi) is 2.07. The first kappa shape index (κ1) is 11.2. The third-order valence-electron chi connectivity index (χ3n) is 3.69. The lowest BCUT2D eigenvalue weighted by molar-refractivity contribution is -0.791. The van der Waals surface area contributed by atoms with E-state index in [1.54, 1.807) is 19.3 Å². The Morgan fingerprint density at radius 3 is 2.33 bits per heavy atom. The summed E-state index contributed by atoms with van der Waals surface area (Å²) in [5, 5.41) is 0. The zero-order valence-corrected chi connectivity index (χ0v) is 10.3. The lowest BCUT2D eigenvalue weighted by atomic mass is 9.64. The van der Waals surface area contributed by atoms with Crippen molar-refractivity contribution in [3.8, 4) is 0 Å². The summed E-state index contributed by atoms with van der Waals surface area (Å²) >= 11 is 0. The van der Waals surface area contributed by atoms with Gasteiger partial charge in [0.25, 0.3) is 0 Å². The van der Waals surface area contributed by atoms with Crippen molar-refractivity contribution < 1.29 is 23.3 Å². The van der Waals surface area contributed by atoms with Crippen LogP contribution in [0, 0.1) is 6.92 Å². The van der Waals surface area contributed by atoms with E-state index in [1.165, 1.54) is 0 Å². The molecule has 18 heavy (non-hydrogen) atoms. The predicted molar refractivity (Wildman–Crippen MR) is 62.5 cm³/mol. The van der Waals surface area contributed by atoms with Crippen LogP contribution in [0.4, 0.5) is 0 Å². The van der Waals surface area contributed by atoms with Gasteiger partial charge in [0, 0.05) is 18.8 Å². The maximum absolute atomic E-state index is 11.6. The first-order valence-corrected chi connectivity index (χ1v) is 5.80. The predicted octanol–water partition coefficient (Wildman–Crippen LogP) is -0.904. The molecule has 0 aliphatic carbocycles. The summed E-state index contributed by atoms with van der Waals surface area (Å²) in [7, 11) is 1.79. The van der Waals surface area contributed by atoms with Crippen molar-refractivity contribution in [2.45, 2.75) is 6.92 Å². The number of quaternary nitrogens is 1. The van der Waals surface area contributed by atoms with Gasteiger partial charge in [-0.05, 0) is 12.5 Å². The number of aromatic nitrogens is 1. The van der Waals surface area contributed by atoms with Crippen molar-refractivity contribution in [2.24, 2.45) is 0 Å². The van der Waals surface area contributed by atoms with Crippen molar-refractivity contribution in [1.82, 2.24) is 4.98 Å². The van der Waals surface area contributed by atoms with Crippen LogP contribution in [-0.4, -0.2) is 48.1 Å². The fourth-order valence-electron chi connectivity index (χ4n) is 2.73. The minimum absolute atomic E-state index is 0.133. The van der Waals surface area contributed by atoms with E-state index >= 15 is 0 Å². The van der Waals surface area contributed by atoms with Crippen molar-refractivity contribution in [2.75, 3.05) is 20.1 Å². The van der Waals surface area contributed by atoms with Crippen LogP contribution in [0.1, 0.15) is 5.56 Å². The molecular weight excluding hydrogens is 235 g/mol. The molecule has 2 saturated heterocycles. The zero-order valence-electron chi connectivity index (χ0n) is 10.3. The van der Waals surface area contributed by atoms with Crippen LogP contribution < -0.4 is 5.59 Å². The molecule has 3 heterocycles. The second-order valence-electron chi connectivity index (χ2n) is 5.21. The summed E-state index contributed by atoms with van der Waals surface area (Å²) in [5.74, 6) is -0.709. The van der Waals surface area contributed by atoms with Crippen LogP contribution in [0.5, 0.6) is 0 Å². The highest BCUT2D eigenvalue weighted by atomic mass is 16.7. The maximum Gasteiger partial charge on any atom is 0.632 e. The van der Waals surface area contributed by atoms with Gasteiger partial charge in [-0.1, -0.05) is 12.1 Å². The third-order valence-corrected chi connectivity index (χ3v) is 3.69. The fraction of sp³-hybridized carbons (Fsp3) is 0.364. The Bertz CT molecular complexity index is 522. The van der Waals surface area contributed by atoms with E-state index < -0.39 is 6.69 Å². The van der Waals surface area contributed by atoms with Crippen molar-refractivity contribution in [3.05, 3.63) is 23.9 Å². The lowest BCUT2D eigenvalue weighted by Crippen LogP contribution is -2.68. The summed E-state index contributed by atoms with van der Waals surface area (Å²) in [5.41, 5.74) is 1.51. The molecule has 1 aromatic rings. The van der Waals surface area contributed by atoms with E-state index in [1.807, 2.05) is 13.0 Å². The Morgan fingerprint density at radius 1 is 1.22 bits per heavy atom. The van der Waals surface area contributed by atoms with Gasteiger partial charge in [0.2, 0.25) is 0 Å². The second-order valence-corrected chi connectivity index (χ2v) is 5.21. The van der Waals surface area contributed by atoms with Crippen LogP contribution in [0.3, 0.4) is 0 Å². The SMILES string of the molecule is Cc1ccc([B-]23OC(=O)C[N+]2(C)CC(=O)O3)nc1. The topological polar surface area (TPSA) is 65.5 Å². The van der Waals surface area contributed by atoms with Gasteiger partial charge in [0.15, 0.2) is 0 Å². The second kappa shape index (κ2) is 3.32. The number of hydrogen-bond acceptors (Lipinski definition) is 5. The number of carbonyl (C=O) groups excluding carboxylic acids is 2. The molecule has 1 aromatic heterocycles. The molecule has 0 radical (unpaired) electrons. The Balaban J connectivity index is 2.13. The van der Waals surface area contributed by atoms with Gasteiger partial charge in [-0.15, -0.1) is 0 Å². The number of hydrogen-bond donors (Lipinski definition) is 0. The summed E-state index contributed by atoms with van der Waals surface area (Å²) in [4.78, 5) is 27.4. The van der Waals surface area contributed by atoms with Crippen LogP contribution in [0.15, 0.2) is 18.3 Å². The zero-order chi connectivity index (χ0) is 13.0. The first-order chi connectivity index (χ1) is 8.45. The minimum Gasteiger partial charge on any atom is -0.595 e. The number of likely N-dealkylation sites (N-methyl/N-ethyl adjacent to an activating group) is 1. The van der Waals surface area contributed by atoms with Crippen molar-refractivity contribution in [1.29, 1.82) is 0 Å². The average Bonchev–Trinajstić information content (AvgIpc) is 2.63. The van der Waals surface area contributed by atoms with Gasteiger partial charge in [0.1, 0.15) is 13.1 Å². The van der Waals surface area contributed by atoms with Crippen LogP contribution in [0.25, 0.3) is 0 Å². The van der Waals surface area contributed by atoms with Crippen LogP contribution >= 0.6 is 0 Å². The highest BCUT2D eigenvalue weighted by Gasteiger charge is 2.67. The average molecular weight is 248 g/mol. The van der Waals surface area contributed by atoms with Gasteiger partial charge < -0.3 is 13.7 Å². The lowest BCUT2D eigenvalue weighted by Gasteiger charge is -2.39. The number of fused-ring (bicyclic) bond motifs is 1. The van der Waals surface area contributed by atoms with Gasteiger partial charge in [-0.3, -0.25) is 14.6 Å². The quantitative estimate of drug-likeness (QED) is 0.602. The molecule has 3 rings (SSSR count). The molecular formula is C11H13BN2O4. The number of rotatable bonds is 1. The minimum atomic E-state index is -2.17. The van der Waals surface area contributed by atoms with E-state index in [0.29, 0.717) is 5.59 Å². The molecule has 0 atom stereocenters. The Hall–Kier alpha value is -1.89. The molecule has 7 heteroatoms. The molecule has 2 aliphatic heterocycles. The normalized spacial score (nSPS) is 34.1. The highest BCUT2D eigenvalue weighted by Crippen LogP contribution is 2.32. The molecule has 2 fully saturated rings. The Labute approximate surface area is 104 Å².